The molecule has 1 unspecified atom stereocenters. The Morgan fingerprint density at radius 3 is 2.32 bits per heavy atom. The molecule has 0 bridgehead atoms. The highest BCUT2D eigenvalue weighted by atomic mass is 16.3. The van der Waals surface area contributed by atoms with E-state index in [2.05, 4.69) is 11.8 Å². The number of nitrogens with zero attached hydrogens (tertiary/aromatic N) is 2. The van der Waals surface area contributed by atoms with Gasteiger partial charge >= 0.3 is 0 Å². The lowest BCUT2D eigenvalue weighted by Crippen LogP contribution is -2.49. The monoisotopic (exact) mass is 308 g/mol. The Morgan fingerprint density at radius 1 is 1.05 bits per heavy atom. The van der Waals surface area contributed by atoms with Gasteiger partial charge in [-0.2, -0.15) is 0 Å². The highest BCUT2D eigenvalue weighted by Gasteiger charge is 2.36. The molecule has 1 aliphatic carbocycles. The third-order valence-corrected chi connectivity index (χ3v) is 6.16. The smallest absolute Gasteiger partial charge is 0.225 e. The molecule has 4 nitrogen and oxygen atoms in total. The molecule has 0 spiro atoms. The van der Waals surface area contributed by atoms with Crippen molar-refractivity contribution in [3.05, 3.63) is 0 Å². The van der Waals surface area contributed by atoms with Crippen LogP contribution in [0, 0.1) is 0 Å². The van der Waals surface area contributed by atoms with E-state index in [-0.39, 0.29) is 5.91 Å². The molecule has 22 heavy (non-hydrogen) atoms. The number of piperidine rings is 1. The van der Waals surface area contributed by atoms with Gasteiger partial charge in [0.1, 0.15) is 0 Å². The maximum atomic E-state index is 12.5. The molecule has 1 amide bonds. The van der Waals surface area contributed by atoms with Gasteiger partial charge in [-0.3, -0.25) is 9.69 Å². The number of likely N-dealkylation sites (tertiary alicyclic amines) is 2. The van der Waals surface area contributed by atoms with Crippen LogP contribution in [0.2, 0.25) is 0 Å². The summed E-state index contributed by atoms with van der Waals surface area (Å²) < 4.78 is 0. The molecule has 4 heteroatoms. The maximum Gasteiger partial charge on any atom is 0.225 e. The molecule has 1 saturated carbocycles. The van der Waals surface area contributed by atoms with E-state index in [9.17, 15) is 9.90 Å². The van der Waals surface area contributed by atoms with Crippen LogP contribution in [0.25, 0.3) is 0 Å². The first-order valence-corrected chi connectivity index (χ1v) is 9.33. The van der Waals surface area contributed by atoms with Crippen LogP contribution in [0.5, 0.6) is 0 Å². The van der Waals surface area contributed by atoms with Crippen LogP contribution in [0.15, 0.2) is 0 Å². The second kappa shape index (κ2) is 6.88. The van der Waals surface area contributed by atoms with Gasteiger partial charge in [-0.25, -0.2) is 0 Å². The maximum absolute atomic E-state index is 12.5. The summed E-state index contributed by atoms with van der Waals surface area (Å²) in [4.78, 5) is 17.2. The van der Waals surface area contributed by atoms with Crippen molar-refractivity contribution in [2.75, 3.05) is 19.6 Å². The Labute approximate surface area is 134 Å². The zero-order valence-corrected chi connectivity index (χ0v) is 14.1. The van der Waals surface area contributed by atoms with Gasteiger partial charge in [0.25, 0.3) is 0 Å². The van der Waals surface area contributed by atoms with Gasteiger partial charge in [0, 0.05) is 25.2 Å². The van der Waals surface area contributed by atoms with Gasteiger partial charge in [0.15, 0.2) is 0 Å². The van der Waals surface area contributed by atoms with Gasteiger partial charge in [0.2, 0.25) is 5.91 Å². The largest absolute Gasteiger partial charge is 0.389 e. The van der Waals surface area contributed by atoms with Crippen molar-refractivity contribution in [1.82, 2.24) is 9.80 Å². The van der Waals surface area contributed by atoms with Crippen molar-refractivity contribution in [2.45, 2.75) is 88.8 Å². The number of rotatable bonds is 3. The van der Waals surface area contributed by atoms with Crippen LogP contribution in [0.1, 0.15) is 71.1 Å². The molecular formula is C18H32N2O2. The number of aliphatic hydroxyl groups is 1. The van der Waals surface area contributed by atoms with E-state index in [1.54, 1.807) is 0 Å². The van der Waals surface area contributed by atoms with Crippen molar-refractivity contribution in [3.8, 4) is 0 Å². The predicted octanol–water partition coefficient (Wildman–Crippen LogP) is 2.55. The molecule has 0 aromatic heterocycles. The molecule has 126 valence electrons. The molecule has 2 saturated heterocycles. The standard InChI is InChI=1S/C18H32N2O2/c1-15-6-5-11-20(15)16-7-12-19(13-8-16)17(21)14-18(22)9-3-2-4-10-18/h15-16,22H,2-14H2,1H3. The minimum Gasteiger partial charge on any atom is -0.389 e. The number of carbonyl (C=O) groups is 1. The Bertz CT molecular complexity index is 385. The zero-order chi connectivity index (χ0) is 15.6. The second-order valence-corrected chi connectivity index (χ2v) is 7.80. The molecule has 0 aromatic carbocycles. The summed E-state index contributed by atoms with van der Waals surface area (Å²) in [6, 6.07) is 1.38. The topological polar surface area (TPSA) is 43.8 Å². The van der Waals surface area contributed by atoms with Crippen LogP contribution in [-0.4, -0.2) is 58.1 Å². The highest BCUT2D eigenvalue weighted by Crippen LogP contribution is 2.32. The van der Waals surface area contributed by atoms with E-state index in [1.807, 2.05) is 4.90 Å². The van der Waals surface area contributed by atoms with E-state index in [4.69, 9.17) is 0 Å². The summed E-state index contributed by atoms with van der Waals surface area (Å²) in [5.74, 6) is 0.178. The molecule has 2 heterocycles. The number of amides is 1. The van der Waals surface area contributed by atoms with E-state index < -0.39 is 5.60 Å². The molecular weight excluding hydrogens is 276 g/mol. The summed E-state index contributed by atoms with van der Waals surface area (Å²) in [7, 11) is 0. The molecule has 3 fully saturated rings. The summed E-state index contributed by atoms with van der Waals surface area (Å²) in [6.45, 7) is 5.33. The highest BCUT2D eigenvalue weighted by molar-refractivity contribution is 5.77. The zero-order valence-electron chi connectivity index (χ0n) is 14.1. The predicted molar refractivity (Wildman–Crippen MR) is 87.7 cm³/mol. The Hall–Kier alpha value is -0.610. The summed E-state index contributed by atoms with van der Waals surface area (Å²) in [5, 5.41) is 10.6. The summed E-state index contributed by atoms with van der Waals surface area (Å²) in [6.07, 6.45) is 10.2. The van der Waals surface area contributed by atoms with E-state index >= 15 is 0 Å². The fourth-order valence-electron chi connectivity index (χ4n) is 4.72. The van der Waals surface area contributed by atoms with E-state index in [1.165, 1.54) is 25.8 Å². The first-order chi connectivity index (χ1) is 10.6. The van der Waals surface area contributed by atoms with Crippen LogP contribution >= 0.6 is 0 Å². The van der Waals surface area contributed by atoms with Crippen LogP contribution in [0.4, 0.5) is 0 Å². The average molecular weight is 308 g/mol. The lowest BCUT2D eigenvalue weighted by molar-refractivity contribution is -0.139. The lowest BCUT2D eigenvalue weighted by atomic mass is 9.82. The Morgan fingerprint density at radius 2 is 1.73 bits per heavy atom. The molecule has 3 aliphatic rings. The van der Waals surface area contributed by atoms with Gasteiger partial charge in [-0.1, -0.05) is 19.3 Å². The number of carbonyl (C=O) groups excluding carboxylic acids is 1. The van der Waals surface area contributed by atoms with Crippen LogP contribution in [0.3, 0.4) is 0 Å². The first kappa shape index (κ1) is 16.3. The molecule has 2 aliphatic heterocycles. The molecule has 0 aromatic rings. The SMILES string of the molecule is CC1CCCN1C1CCN(C(=O)CC2(O)CCCCC2)CC1. The minimum atomic E-state index is -0.713. The van der Waals surface area contributed by atoms with Crippen molar-refractivity contribution in [3.63, 3.8) is 0 Å². The first-order valence-electron chi connectivity index (χ1n) is 9.33. The fraction of sp³-hybridized carbons (Fsp3) is 0.944. The van der Waals surface area contributed by atoms with E-state index in [0.717, 1.165) is 57.7 Å². The third-order valence-electron chi connectivity index (χ3n) is 6.16. The van der Waals surface area contributed by atoms with Crippen LogP contribution < -0.4 is 0 Å². The van der Waals surface area contributed by atoms with Gasteiger partial charge in [-0.15, -0.1) is 0 Å². The number of hydrogen-bond acceptors (Lipinski definition) is 3. The third kappa shape index (κ3) is 3.65. The van der Waals surface area contributed by atoms with Crippen molar-refractivity contribution in [2.24, 2.45) is 0 Å². The number of hydrogen-bond donors (Lipinski definition) is 1. The van der Waals surface area contributed by atoms with Gasteiger partial charge in [0.05, 0.1) is 12.0 Å². The minimum absolute atomic E-state index is 0.178. The molecule has 1 N–H and O–H groups in total. The molecule has 1 atom stereocenters. The fourth-order valence-corrected chi connectivity index (χ4v) is 4.72. The summed E-state index contributed by atoms with van der Waals surface area (Å²) >= 11 is 0. The van der Waals surface area contributed by atoms with Crippen molar-refractivity contribution in [1.29, 1.82) is 0 Å². The van der Waals surface area contributed by atoms with Crippen molar-refractivity contribution >= 4 is 5.91 Å². The van der Waals surface area contributed by atoms with Crippen molar-refractivity contribution < 1.29 is 9.90 Å². The molecule has 3 rings (SSSR count). The summed E-state index contributed by atoms with van der Waals surface area (Å²) in [5.41, 5.74) is -0.713. The Balaban J connectivity index is 1.47. The average Bonchev–Trinajstić information content (AvgIpc) is 2.94. The van der Waals surface area contributed by atoms with Gasteiger partial charge in [-0.05, 0) is 52.0 Å². The lowest BCUT2D eigenvalue weighted by Gasteiger charge is -2.40. The molecule has 0 radical (unpaired) electrons. The quantitative estimate of drug-likeness (QED) is 0.871. The van der Waals surface area contributed by atoms with Crippen LogP contribution in [-0.2, 0) is 4.79 Å². The normalized spacial score (nSPS) is 30.6. The van der Waals surface area contributed by atoms with Gasteiger partial charge < -0.3 is 10.0 Å². The van der Waals surface area contributed by atoms with E-state index in [0.29, 0.717) is 12.5 Å². The Kier molecular flexibility index (Phi) is 5.08. The second-order valence-electron chi connectivity index (χ2n) is 7.80.